The van der Waals surface area contributed by atoms with Crippen molar-refractivity contribution in [1.29, 1.82) is 0 Å². The van der Waals surface area contributed by atoms with Crippen LogP contribution in [0.2, 0.25) is 0 Å². The van der Waals surface area contributed by atoms with Gasteiger partial charge in [-0.2, -0.15) is 5.10 Å². The van der Waals surface area contributed by atoms with E-state index in [4.69, 9.17) is 11.6 Å². The molecule has 16 heavy (non-hydrogen) atoms. The second kappa shape index (κ2) is 6.86. The number of rotatable bonds is 7. The number of nitrogens with zero attached hydrogens (tertiary/aromatic N) is 3. The summed E-state index contributed by atoms with van der Waals surface area (Å²) in [6, 6.07) is 0.361. The minimum atomic E-state index is 0.361. The summed E-state index contributed by atoms with van der Waals surface area (Å²) in [7, 11) is 0. The zero-order valence-electron chi connectivity index (χ0n) is 10.3. The van der Waals surface area contributed by atoms with Crippen LogP contribution < -0.4 is 5.32 Å². The zero-order chi connectivity index (χ0) is 12.0. The topological polar surface area (TPSA) is 42.7 Å². The summed E-state index contributed by atoms with van der Waals surface area (Å²) < 4.78 is 1.94. The number of halogens is 1. The minimum absolute atomic E-state index is 0.361. The molecule has 0 fully saturated rings. The van der Waals surface area contributed by atoms with Crippen molar-refractivity contribution >= 4 is 11.6 Å². The monoisotopic (exact) mass is 244 g/mol. The highest BCUT2D eigenvalue weighted by atomic mass is 35.5. The fourth-order valence-electron chi connectivity index (χ4n) is 1.55. The molecule has 5 heteroatoms. The van der Waals surface area contributed by atoms with Gasteiger partial charge in [0.25, 0.3) is 0 Å². The van der Waals surface area contributed by atoms with E-state index in [9.17, 15) is 0 Å². The largest absolute Gasteiger partial charge is 0.310 e. The van der Waals surface area contributed by atoms with Gasteiger partial charge in [0, 0.05) is 11.9 Å². The van der Waals surface area contributed by atoms with Crippen LogP contribution in [0.5, 0.6) is 0 Å². The first kappa shape index (κ1) is 13.5. The molecular weight excluding hydrogens is 224 g/mol. The van der Waals surface area contributed by atoms with Crippen LogP contribution in [0.4, 0.5) is 0 Å². The molecule has 1 rings (SSSR count). The SMILES string of the molecule is CC(CCCl)CNCc1ncnn1C(C)C. The van der Waals surface area contributed by atoms with E-state index in [-0.39, 0.29) is 0 Å². The summed E-state index contributed by atoms with van der Waals surface area (Å²) in [5.74, 6) is 2.33. The quantitative estimate of drug-likeness (QED) is 0.748. The number of hydrogen-bond acceptors (Lipinski definition) is 3. The zero-order valence-corrected chi connectivity index (χ0v) is 11.0. The molecule has 0 aliphatic heterocycles. The number of nitrogens with one attached hydrogen (secondary N) is 1. The van der Waals surface area contributed by atoms with Crippen molar-refractivity contribution in [3.05, 3.63) is 12.2 Å². The van der Waals surface area contributed by atoms with Crippen molar-refractivity contribution in [2.24, 2.45) is 5.92 Å². The van der Waals surface area contributed by atoms with Crippen molar-refractivity contribution in [1.82, 2.24) is 20.1 Å². The Morgan fingerprint density at radius 2 is 2.19 bits per heavy atom. The van der Waals surface area contributed by atoms with Crippen LogP contribution in [0, 0.1) is 5.92 Å². The van der Waals surface area contributed by atoms with Crippen LogP contribution in [0.25, 0.3) is 0 Å². The van der Waals surface area contributed by atoms with Crippen LogP contribution in [-0.4, -0.2) is 27.2 Å². The van der Waals surface area contributed by atoms with Gasteiger partial charge in [-0.25, -0.2) is 9.67 Å². The highest BCUT2D eigenvalue weighted by Crippen LogP contribution is 2.05. The average molecular weight is 245 g/mol. The molecule has 92 valence electrons. The van der Waals surface area contributed by atoms with Gasteiger partial charge in [0.05, 0.1) is 6.54 Å². The van der Waals surface area contributed by atoms with Gasteiger partial charge in [-0.15, -0.1) is 11.6 Å². The van der Waals surface area contributed by atoms with Gasteiger partial charge < -0.3 is 5.32 Å². The van der Waals surface area contributed by atoms with E-state index in [0.29, 0.717) is 12.0 Å². The lowest BCUT2D eigenvalue weighted by atomic mass is 10.1. The summed E-state index contributed by atoms with van der Waals surface area (Å²) in [5, 5.41) is 7.58. The molecule has 0 spiro atoms. The average Bonchev–Trinajstić information content (AvgIpc) is 2.66. The molecule has 0 bridgehead atoms. The lowest BCUT2D eigenvalue weighted by molar-refractivity contribution is 0.461. The van der Waals surface area contributed by atoms with Crippen molar-refractivity contribution in [2.75, 3.05) is 12.4 Å². The first-order chi connectivity index (χ1) is 7.65. The van der Waals surface area contributed by atoms with E-state index in [1.807, 2.05) is 4.68 Å². The standard InChI is InChI=1S/C11H21ClN4/c1-9(2)16-11(14-8-15-16)7-13-6-10(3)4-5-12/h8-10,13H,4-7H2,1-3H3. The van der Waals surface area contributed by atoms with Crippen molar-refractivity contribution in [3.8, 4) is 0 Å². The van der Waals surface area contributed by atoms with Crippen molar-refractivity contribution in [3.63, 3.8) is 0 Å². The Hall–Kier alpha value is -0.610. The second-order valence-electron chi connectivity index (χ2n) is 4.43. The molecule has 0 aliphatic carbocycles. The normalized spacial score (nSPS) is 13.3. The van der Waals surface area contributed by atoms with E-state index in [1.165, 1.54) is 0 Å². The molecule has 1 heterocycles. The fraction of sp³-hybridized carbons (Fsp3) is 0.818. The molecule has 4 nitrogen and oxygen atoms in total. The Morgan fingerprint density at radius 3 is 2.81 bits per heavy atom. The highest BCUT2D eigenvalue weighted by Gasteiger charge is 2.07. The molecule has 1 aromatic rings. The predicted molar refractivity (Wildman–Crippen MR) is 66.6 cm³/mol. The van der Waals surface area contributed by atoms with Crippen LogP contribution in [0.1, 0.15) is 39.1 Å². The van der Waals surface area contributed by atoms with Crippen molar-refractivity contribution < 1.29 is 0 Å². The number of aromatic nitrogens is 3. The Morgan fingerprint density at radius 1 is 1.44 bits per heavy atom. The van der Waals surface area contributed by atoms with Gasteiger partial charge in [0.1, 0.15) is 12.2 Å². The fourth-order valence-corrected chi connectivity index (χ4v) is 1.92. The first-order valence-corrected chi connectivity index (χ1v) is 6.33. The molecule has 1 N–H and O–H groups in total. The molecule has 0 saturated carbocycles. The van der Waals surface area contributed by atoms with Gasteiger partial charge in [-0.3, -0.25) is 0 Å². The summed E-state index contributed by atoms with van der Waals surface area (Å²) in [6.45, 7) is 8.15. The third kappa shape index (κ3) is 4.10. The van der Waals surface area contributed by atoms with Gasteiger partial charge in [0.2, 0.25) is 0 Å². The maximum atomic E-state index is 5.69. The Labute approximate surface area is 102 Å². The van der Waals surface area contributed by atoms with E-state index in [1.54, 1.807) is 6.33 Å². The number of hydrogen-bond donors (Lipinski definition) is 1. The van der Waals surface area contributed by atoms with E-state index in [2.05, 4.69) is 36.2 Å². The lowest BCUT2D eigenvalue weighted by Gasteiger charge is -2.12. The summed E-state index contributed by atoms with van der Waals surface area (Å²) in [6.07, 6.45) is 2.66. The molecule has 1 aromatic heterocycles. The van der Waals surface area contributed by atoms with Crippen LogP contribution in [0.3, 0.4) is 0 Å². The molecule has 0 aromatic carbocycles. The summed E-state index contributed by atoms with van der Waals surface area (Å²) in [5.41, 5.74) is 0. The van der Waals surface area contributed by atoms with Crippen molar-refractivity contribution in [2.45, 2.75) is 39.8 Å². The smallest absolute Gasteiger partial charge is 0.141 e. The van der Waals surface area contributed by atoms with E-state index < -0.39 is 0 Å². The molecule has 1 atom stereocenters. The third-order valence-electron chi connectivity index (χ3n) is 2.51. The number of alkyl halides is 1. The van der Waals surface area contributed by atoms with E-state index in [0.717, 1.165) is 31.2 Å². The molecular formula is C11H21ClN4. The Balaban J connectivity index is 2.34. The predicted octanol–water partition coefficient (Wildman–Crippen LogP) is 2.21. The summed E-state index contributed by atoms with van der Waals surface area (Å²) in [4.78, 5) is 4.24. The van der Waals surface area contributed by atoms with Crippen LogP contribution in [0.15, 0.2) is 6.33 Å². The highest BCUT2D eigenvalue weighted by molar-refractivity contribution is 6.17. The van der Waals surface area contributed by atoms with Gasteiger partial charge >= 0.3 is 0 Å². The van der Waals surface area contributed by atoms with Gasteiger partial charge in [-0.05, 0) is 32.7 Å². The molecule has 0 amide bonds. The second-order valence-corrected chi connectivity index (χ2v) is 4.81. The maximum absolute atomic E-state index is 5.69. The van der Waals surface area contributed by atoms with Crippen LogP contribution >= 0.6 is 11.6 Å². The van der Waals surface area contributed by atoms with Gasteiger partial charge in [-0.1, -0.05) is 6.92 Å². The van der Waals surface area contributed by atoms with E-state index >= 15 is 0 Å². The Kier molecular flexibility index (Phi) is 5.77. The summed E-state index contributed by atoms with van der Waals surface area (Å²) >= 11 is 5.69. The minimum Gasteiger partial charge on any atom is -0.310 e. The molecule has 0 saturated heterocycles. The maximum Gasteiger partial charge on any atom is 0.141 e. The Bertz CT molecular complexity index is 298. The lowest BCUT2D eigenvalue weighted by Crippen LogP contribution is -2.23. The van der Waals surface area contributed by atoms with Crippen LogP contribution in [-0.2, 0) is 6.54 Å². The molecule has 1 unspecified atom stereocenters. The molecule has 0 radical (unpaired) electrons. The van der Waals surface area contributed by atoms with Gasteiger partial charge in [0.15, 0.2) is 0 Å². The molecule has 0 aliphatic rings. The first-order valence-electron chi connectivity index (χ1n) is 5.80. The third-order valence-corrected chi connectivity index (χ3v) is 2.73.